The number of benzene rings is 1. The van der Waals surface area contributed by atoms with Gasteiger partial charge in [0.2, 0.25) is 0 Å². The maximum atomic E-state index is 14.8. The van der Waals surface area contributed by atoms with Crippen molar-refractivity contribution in [2.45, 2.75) is 38.3 Å². The second-order valence-electron chi connectivity index (χ2n) is 8.13. The van der Waals surface area contributed by atoms with E-state index in [1.165, 1.54) is 37.6 Å². The van der Waals surface area contributed by atoms with Gasteiger partial charge in [-0.3, -0.25) is 9.59 Å². The van der Waals surface area contributed by atoms with Crippen LogP contribution in [0.25, 0.3) is 22.2 Å². The van der Waals surface area contributed by atoms with Crippen LogP contribution in [0.2, 0.25) is 0 Å². The van der Waals surface area contributed by atoms with E-state index < -0.39 is 53.1 Å². The van der Waals surface area contributed by atoms with E-state index in [1.807, 2.05) is 0 Å². The zero-order valence-corrected chi connectivity index (χ0v) is 18.7. The number of aromatic nitrogens is 5. The molecule has 0 fully saturated rings. The normalized spacial score (nSPS) is 13.5. The standard InChI is InChI=1S/C23H19F5N6O2/c1-12(32-18-10-31-33-21(35)19(18)23(26,27)28)7-14(24)11-34-6-3-13-8-16(20-29-4-2-5-30-20)17(25)9-15(13)22(34)36/h2-6,8-10,12,14H,7,11H2,1H3,(H2,32,33,35)/t12-,14+/m1/s1. The molecule has 0 amide bonds. The van der Waals surface area contributed by atoms with E-state index in [0.717, 1.165) is 16.8 Å². The van der Waals surface area contributed by atoms with Crippen LogP contribution in [0.5, 0.6) is 0 Å². The van der Waals surface area contributed by atoms with Crippen molar-refractivity contribution in [3.8, 4) is 11.4 Å². The van der Waals surface area contributed by atoms with Gasteiger partial charge in [0.25, 0.3) is 11.1 Å². The van der Waals surface area contributed by atoms with Crippen molar-refractivity contribution in [1.82, 2.24) is 24.7 Å². The Hall–Kier alpha value is -4.16. The molecule has 188 valence electrons. The minimum atomic E-state index is -4.94. The first-order chi connectivity index (χ1) is 17.0. The second-order valence-corrected chi connectivity index (χ2v) is 8.13. The van der Waals surface area contributed by atoms with Crippen LogP contribution in [0.15, 0.2) is 58.6 Å². The molecule has 1 aromatic carbocycles. The molecular weight excluding hydrogens is 487 g/mol. The molecule has 3 heterocycles. The van der Waals surface area contributed by atoms with Gasteiger partial charge in [-0.25, -0.2) is 23.8 Å². The van der Waals surface area contributed by atoms with Crippen LogP contribution >= 0.6 is 0 Å². The Labute approximate surface area is 199 Å². The van der Waals surface area contributed by atoms with Crippen LogP contribution in [0.1, 0.15) is 18.9 Å². The Bertz CT molecular complexity index is 1500. The van der Waals surface area contributed by atoms with E-state index in [0.29, 0.717) is 5.39 Å². The highest BCUT2D eigenvalue weighted by Crippen LogP contribution is 2.32. The summed E-state index contributed by atoms with van der Waals surface area (Å²) in [5.74, 6) is -0.569. The fourth-order valence-electron chi connectivity index (χ4n) is 3.84. The first-order valence-electron chi connectivity index (χ1n) is 10.7. The van der Waals surface area contributed by atoms with E-state index in [9.17, 15) is 31.5 Å². The molecule has 0 bridgehead atoms. The Kier molecular flexibility index (Phi) is 6.82. The maximum Gasteiger partial charge on any atom is 0.423 e. The lowest BCUT2D eigenvalue weighted by atomic mass is 10.1. The number of aromatic amines is 1. The van der Waals surface area contributed by atoms with Gasteiger partial charge in [0.05, 0.1) is 29.4 Å². The summed E-state index contributed by atoms with van der Waals surface area (Å²) >= 11 is 0. The summed E-state index contributed by atoms with van der Waals surface area (Å²) in [6.07, 6.45) is -1.80. The molecule has 0 spiro atoms. The summed E-state index contributed by atoms with van der Waals surface area (Å²) in [5, 5.41) is 7.96. The van der Waals surface area contributed by atoms with Crippen molar-refractivity contribution in [1.29, 1.82) is 0 Å². The van der Waals surface area contributed by atoms with E-state index in [2.05, 4.69) is 20.4 Å². The van der Waals surface area contributed by atoms with Gasteiger partial charge in [0.15, 0.2) is 5.82 Å². The lowest BCUT2D eigenvalue weighted by Gasteiger charge is -2.20. The number of halogens is 5. The van der Waals surface area contributed by atoms with Crippen LogP contribution in [-0.2, 0) is 12.7 Å². The predicted molar refractivity (Wildman–Crippen MR) is 122 cm³/mol. The Balaban J connectivity index is 1.51. The minimum absolute atomic E-state index is 0.0254. The summed E-state index contributed by atoms with van der Waals surface area (Å²) in [6, 6.07) is 4.73. The zero-order chi connectivity index (χ0) is 26.0. The molecule has 0 saturated carbocycles. The van der Waals surface area contributed by atoms with E-state index in [1.54, 1.807) is 11.2 Å². The number of H-pyrrole nitrogens is 1. The third-order valence-electron chi connectivity index (χ3n) is 5.42. The molecule has 3 aromatic heterocycles. The quantitative estimate of drug-likeness (QED) is 0.368. The number of rotatable bonds is 7. The van der Waals surface area contributed by atoms with Crippen molar-refractivity contribution in [2.75, 3.05) is 5.32 Å². The smallest absolute Gasteiger partial charge is 0.381 e. The first kappa shape index (κ1) is 24.9. The summed E-state index contributed by atoms with van der Waals surface area (Å²) in [4.78, 5) is 32.4. The highest BCUT2D eigenvalue weighted by atomic mass is 19.4. The Morgan fingerprint density at radius 1 is 1.17 bits per heavy atom. The fraction of sp³-hybridized carbons (Fsp3) is 0.261. The molecule has 0 radical (unpaired) electrons. The SMILES string of the molecule is C[C@H](C[C@H](F)Cn1ccc2cc(-c3ncccn3)c(F)cc2c1=O)Nc1cn[nH]c(=O)c1C(F)(F)F. The summed E-state index contributed by atoms with van der Waals surface area (Å²) in [5.41, 5.74) is -3.99. The van der Waals surface area contributed by atoms with Gasteiger partial charge in [0.1, 0.15) is 17.6 Å². The predicted octanol–water partition coefficient (Wildman–Crippen LogP) is 3.93. The number of nitrogens with zero attached hydrogens (tertiary/aromatic N) is 4. The van der Waals surface area contributed by atoms with E-state index in [4.69, 9.17) is 0 Å². The van der Waals surface area contributed by atoms with Gasteiger partial charge in [-0.2, -0.15) is 18.3 Å². The highest BCUT2D eigenvalue weighted by molar-refractivity contribution is 5.85. The van der Waals surface area contributed by atoms with Gasteiger partial charge in [-0.1, -0.05) is 0 Å². The molecule has 0 aliphatic heterocycles. The molecule has 36 heavy (non-hydrogen) atoms. The molecule has 0 aliphatic rings. The van der Waals surface area contributed by atoms with Gasteiger partial charge >= 0.3 is 6.18 Å². The number of alkyl halides is 4. The van der Waals surface area contributed by atoms with Crippen molar-refractivity contribution in [3.05, 3.63) is 81.1 Å². The van der Waals surface area contributed by atoms with Crippen molar-refractivity contribution in [2.24, 2.45) is 0 Å². The monoisotopic (exact) mass is 506 g/mol. The van der Waals surface area contributed by atoms with Crippen molar-refractivity contribution >= 4 is 16.5 Å². The highest BCUT2D eigenvalue weighted by Gasteiger charge is 2.37. The third kappa shape index (κ3) is 5.24. The lowest BCUT2D eigenvalue weighted by molar-refractivity contribution is -0.138. The van der Waals surface area contributed by atoms with E-state index >= 15 is 0 Å². The van der Waals surface area contributed by atoms with Crippen LogP contribution in [0.4, 0.5) is 27.6 Å². The average Bonchev–Trinajstić information content (AvgIpc) is 2.80. The van der Waals surface area contributed by atoms with Crippen LogP contribution < -0.4 is 16.4 Å². The number of fused-ring (bicyclic) bond motifs is 1. The molecule has 0 aliphatic carbocycles. The molecule has 13 heteroatoms. The number of hydrogen-bond acceptors (Lipinski definition) is 6. The summed E-state index contributed by atoms with van der Waals surface area (Å²) < 4.78 is 70.1. The second kappa shape index (κ2) is 9.84. The maximum absolute atomic E-state index is 14.8. The Morgan fingerprint density at radius 2 is 1.89 bits per heavy atom. The van der Waals surface area contributed by atoms with Gasteiger partial charge < -0.3 is 9.88 Å². The molecular formula is C23H19F5N6O2. The van der Waals surface area contributed by atoms with Crippen molar-refractivity contribution in [3.63, 3.8) is 0 Å². The molecule has 2 N–H and O–H groups in total. The van der Waals surface area contributed by atoms with Gasteiger partial charge in [-0.15, -0.1) is 0 Å². The molecule has 4 aromatic rings. The van der Waals surface area contributed by atoms with Crippen LogP contribution in [-0.4, -0.2) is 36.9 Å². The van der Waals surface area contributed by atoms with Crippen LogP contribution in [0.3, 0.4) is 0 Å². The number of pyridine rings is 1. The van der Waals surface area contributed by atoms with Crippen LogP contribution in [0, 0.1) is 5.82 Å². The molecule has 0 unspecified atom stereocenters. The van der Waals surface area contributed by atoms with Gasteiger partial charge in [-0.05, 0) is 36.6 Å². The number of nitrogens with one attached hydrogen (secondary N) is 2. The average molecular weight is 506 g/mol. The topological polar surface area (TPSA) is 106 Å². The number of anilines is 1. The minimum Gasteiger partial charge on any atom is -0.381 e. The van der Waals surface area contributed by atoms with Crippen molar-refractivity contribution < 1.29 is 22.0 Å². The Morgan fingerprint density at radius 3 is 2.58 bits per heavy atom. The van der Waals surface area contributed by atoms with E-state index in [-0.39, 0.29) is 23.2 Å². The molecule has 4 rings (SSSR count). The summed E-state index contributed by atoms with van der Waals surface area (Å²) in [7, 11) is 0. The molecule has 2 atom stereocenters. The third-order valence-corrected chi connectivity index (χ3v) is 5.42. The zero-order valence-electron chi connectivity index (χ0n) is 18.7. The number of hydrogen-bond donors (Lipinski definition) is 2. The molecule has 0 saturated heterocycles. The summed E-state index contributed by atoms with van der Waals surface area (Å²) in [6.45, 7) is 1.02. The first-order valence-corrected chi connectivity index (χ1v) is 10.7. The lowest BCUT2D eigenvalue weighted by Crippen LogP contribution is -2.30. The largest absolute Gasteiger partial charge is 0.423 e. The van der Waals surface area contributed by atoms with Gasteiger partial charge in [0, 0.05) is 31.1 Å². The fourth-order valence-corrected chi connectivity index (χ4v) is 3.84. The molecule has 8 nitrogen and oxygen atoms in total.